The molecule has 0 fully saturated rings. The van der Waals surface area contributed by atoms with E-state index in [1.54, 1.807) is 19.2 Å². The summed E-state index contributed by atoms with van der Waals surface area (Å²) in [4.78, 5) is 7.71. The Labute approximate surface area is 136 Å². The summed E-state index contributed by atoms with van der Waals surface area (Å²) in [6.07, 6.45) is 4.07. The van der Waals surface area contributed by atoms with Crippen molar-refractivity contribution in [3.63, 3.8) is 0 Å². The molecule has 0 aliphatic heterocycles. The minimum Gasteiger partial charge on any atom is -0.354 e. The van der Waals surface area contributed by atoms with Crippen LogP contribution in [0.25, 0.3) is 22.2 Å². The average Bonchev–Trinajstić information content (AvgIpc) is 2.94. The molecular formula is C20H20FN2. The zero-order valence-electron chi connectivity index (χ0n) is 13.6. The molecule has 2 nitrogen and oxygen atoms in total. The summed E-state index contributed by atoms with van der Waals surface area (Å²) in [5.41, 5.74) is 5.33. The quantitative estimate of drug-likeness (QED) is 0.629. The topological polar surface area (TPSA) is 28.1 Å². The van der Waals surface area contributed by atoms with Crippen molar-refractivity contribution in [3.8, 4) is 11.3 Å². The van der Waals surface area contributed by atoms with E-state index in [1.807, 2.05) is 6.21 Å². The van der Waals surface area contributed by atoms with Crippen LogP contribution in [0.4, 0.5) is 4.39 Å². The molecule has 1 N–H and O–H groups in total. The first kappa shape index (κ1) is 15.5. The second-order valence-electron chi connectivity index (χ2n) is 5.70. The van der Waals surface area contributed by atoms with Gasteiger partial charge in [-0.15, -0.1) is 0 Å². The zero-order chi connectivity index (χ0) is 16.4. The molecule has 3 heteroatoms. The number of halogens is 1. The van der Waals surface area contributed by atoms with Gasteiger partial charge in [0.25, 0.3) is 0 Å². The van der Waals surface area contributed by atoms with Crippen LogP contribution in [0.3, 0.4) is 0 Å². The van der Waals surface area contributed by atoms with Gasteiger partial charge in [-0.2, -0.15) is 0 Å². The molecule has 0 aliphatic carbocycles. The van der Waals surface area contributed by atoms with Crippen LogP contribution < -0.4 is 0 Å². The van der Waals surface area contributed by atoms with Crippen LogP contribution in [0.5, 0.6) is 0 Å². The SMILES string of the molecule is C[CH]C(C)c1cccc2[nH]c(-c3ccc(F)cc3)c(C=NC)c12. The molecule has 3 aromatic rings. The van der Waals surface area contributed by atoms with Gasteiger partial charge in [-0.05, 0) is 53.8 Å². The maximum atomic E-state index is 13.2. The lowest BCUT2D eigenvalue weighted by Gasteiger charge is -2.11. The van der Waals surface area contributed by atoms with Crippen molar-refractivity contribution in [1.82, 2.24) is 4.98 Å². The third-order valence-corrected chi connectivity index (χ3v) is 4.28. The molecule has 0 spiro atoms. The summed E-state index contributed by atoms with van der Waals surface area (Å²) in [5, 5.41) is 1.18. The minimum absolute atomic E-state index is 0.231. The Morgan fingerprint density at radius 3 is 2.52 bits per heavy atom. The van der Waals surface area contributed by atoms with E-state index in [-0.39, 0.29) is 5.82 Å². The Balaban J connectivity index is 2.31. The molecule has 3 rings (SSSR count). The van der Waals surface area contributed by atoms with Gasteiger partial charge in [0.1, 0.15) is 5.82 Å². The third-order valence-electron chi connectivity index (χ3n) is 4.28. The maximum Gasteiger partial charge on any atom is 0.123 e. The number of fused-ring (bicyclic) bond motifs is 1. The van der Waals surface area contributed by atoms with Crippen LogP contribution in [0.2, 0.25) is 0 Å². The predicted octanol–water partition coefficient (Wildman–Crippen LogP) is 5.35. The average molecular weight is 307 g/mol. The van der Waals surface area contributed by atoms with Gasteiger partial charge in [0.2, 0.25) is 0 Å². The molecule has 23 heavy (non-hydrogen) atoms. The second-order valence-corrected chi connectivity index (χ2v) is 5.70. The van der Waals surface area contributed by atoms with Crippen LogP contribution >= 0.6 is 0 Å². The van der Waals surface area contributed by atoms with E-state index in [9.17, 15) is 4.39 Å². The second kappa shape index (κ2) is 6.37. The molecule has 0 aliphatic rings. The normalized spacial score (nSPS) is 13.0. The van der Waals surface area contributed by atoms with Crippen molar-refractivity contribution < 1.29 is 4.39 Å². The molecule has 0 saturated heterocycles. The van der Waals surface area contributed by atoms with Gasteiger partial charge in [0, 0.05) is 29.7 Å². The van der Waals surface area contributed by atoms with Gasteiger partial charge in [0.05, 0.1) is 5.69 Å². The number of H-pyrrole nitrogens is 1. The lowest BCUT2D eigenvalue weighted by molar-refractivity contribution is 0.628. The maximum absolute atomic E-state index is 13.2. The first-order valence-electron chi connectivity index (χ1n) is 7.78. The van der Waals surface area contributed by atoms with Crippen molar-refractivity contribution >= 4 is 17.1 Å². The molecule has 1 aromatic heterocycles. The van der Waals surface area contributed by atoms with Gasteiger partial charge in [-0.3, -0.25) is 4.99 Å². The Bertz CT molecular complexity index is 844. The van der Waals surface area contributed by atoms with Crippen molar-refractivity contribution in [2.75, 3.05) is 7.05 Å². The Morgan fingerprint density at radius 1 is 1.13 bits per heavy atom. The van der Waals surface area contributed by atoms with Gasteiger partial charge >= 0.3 is 0 Å². The highest BCUT2D eigenvalue weighted by molar-refractivity contribution is 6.07. The fraction of sp³-hybridized carbons (Fsp3) is 0.200. The molecule has 1 atom stereocenters. The van der Waals surface area contributed by atoms with Crippen LogP contribution in [0, 0.1) is 12.2 Å². The van der Waals surface area contributed by atoms with Crippen LogP contribution in [-0.2, 0) is 0 Å². The van der Waals surface area contributed by atoms with E-state index in [1.165, 1.54) is 23.1 Å². The summed E-state index contributed by atoms with van der Waals surface area (Å²) in [5.74, 6) is 0.116. The van der Waals surface area contributed by atoms with Crippen molar-refractivity contribution in [2.45, 2.75) is 19.8 Å². The summed E-state index contributed by atoms with van der Waals surface area (Å²) in [6, 6.07) is 12.8. The molecule has 1 radical (unpaired) electrons. The lowest BCUT2D eigenvalue weighted by Crippen LogP contribution is -1.94. The van der Waals surface area contributed by atoms with Gasteiger partial charge in [0.15, 0.2) is 0 Å². The van der Waals surface area contributed by atoms with Crippen molar-refractivity contribution in [1.29, 1.82) is 0 Å². The highest BCUT2D eigenvalue weighted by Gasteiger charge is 2.17. The predicted molar refractivity (Wildman–Crippen MR) is 95.6 cm³/mol. The van der Waals surface area contributed by atoms with Crippen LogP contribution in [0.1, 0.15) is 30.9 Å². The Hall–Kier alpha value is -2.42. The van der Waals surface area contributed by atoms with Gasteiger partial charge < -0.3 is 4.98 Å². The van der Waals surface area contributed by atoms with E-state index in [4.69, 9.17) is 0 Å². The van der Waals surface area contributed by atoms with E-state index in [0.29, 0.717) is 5.92 Å². The van der Waals surface area contributed by atoms with E-state index < -0.39 is 0 Å². The van der Waals surface area contributed by atoms with Gasteiger partial charge in [-0.25, -0.2) is 4.39 Å². The molecule has 1 heterocycles. The number of aromatic nitrogens is 1. The lowest BCUT2D eigenvalue weighted by atomic mass is 9.93. The largest absolute Gasteiger partial charge is 0.354 e. The molecular weight excluding hydrogens is 287 g/mol. The first-order valence-corrected chi connectivity index (χ1v) is 7.78. The van der Waals surface area contributed by atoms with E-state index in [0.717, 1.165) is 22.3 Å². The number of aliphatic imine (C=N–C) groups is 1. The minimum atomic E-state index is -0.231. The fourth-order valence-electron chi connectivity index (χ4n) is 2.96. The number of hydrogen-bond donors (Lipinski definition) is 1. The molecule has 117 valence electrons. The summed E-state index contributed by atoms with van der Waals surface area (Å²) in [6.45, 7) is 4.26. The molecule has 0 saturated carbocycles. The molecule has 0 bridgehead atoms. The summed E-state index contributed by atoms with van der Waals surface area (Å²) in [7, 11) is 1.77. The highest BCUT2D eigenvalue weighted by atomic mass is 19.1. The van der Waals surface area contributed by atoms with Gasteiger partial charge in [-0.1, -0.05) is 26.0 Å². The van der Waals surface area contributed by atoms with Crippen molar-refractivity contribution in [3.05, 3.63) is 65.8 Å². The summed E-state index contributed by atoms with van der Waals surface area (Å²) < 4.78 is 13.2. The standard InChI is InChI=1S/C20H20FN2/c1-4-13(2)16-6-5-7-18-19(16)17(12-22-3)20(23-18)14-8-10-15(21)11-9-14/h4-13,23H,1-3H3. The molecule has 0 amide bonds. The zero-order valence-corrected chi connectivity index (χ0v) is 13.6. The van der Waals surface area contributed by atoms with Crippen LogP contribution in [-0.4, -0.2) is 18.2 Å². The van der Waals surface area contributed by atoms with E-state index in [2.05, 4.69) is 48.4 Å². The fourth-order valence-corrected chi connectivity index (χ4v) is 2.96. The number of nitrogens with zero attached hydrogens (tertiary/aromatic N) is 1. The number of rotatable bonds is 4. The Kier molecular flexibility index (Phi) is 4.28. The molecule has 2 aromatic carbocycles. The smallest absolute Gasteiger partial charge is 0.123 e. The third kappa shape index (κ3) is 2.79. The van der Waals surface area contributed by atoms with Crippen molar-refractivity contribution in [2.24, 2.45) is 4.99 Å². The number of benzene rings is 2. The Morgan fingerprint density at radius 2 is 1.87 bits per heavy atom. The number of nitrogens with one attached hydrogen (secondary N) is 1. The first-order chi connectivity index (χ1) is 11.2. The monoisotopic (exact) mass is 307 g/mol. The highest BCUT2D eigenvalue weighted by Crippen LogP contribution is 2.35. The molecule has 1 unspecified atom stereocenters. The number of aromatic amines is 1. The van der Waals surface area contributed by atoms with E-state index >= 15 is 0 Å². The van der Waals surface area contributed by atoms with Crippen LogP contribution in [0.15, 0.2) is 47.5 Å². The number of hydrogen-bond acceptors (Lipinski definition) is 1. The summed E-state index contributed by atoms with van der Waals surface area (Å²) >= 11 is 0.